The van der Waals surface area contributed by atoms with Gasteiger partial charge in [0.15, 0.2) is 0 Å². The summed E-state index contributed by atoms with van der Waals surface area (Å²) in [5.41, 5.74) is 4.00. The summed E-state index contributed by atoms with van der Waals surface area (Å²) >= 11 is 0. The quantitative estimate of drug-likeness (QED) is 0.695. The van der Waals surface area contributed by atoms with E-state index in [2.05, 4.69) is 17.4 Å². The molecule has 25 heavy (non-hydrogen) atoms. The van der Waals surface area contributed by atoms with Gasteiger partial charge in [-0.25, -0.2) is 0 Å². The number of hydrogen-bond donors (Lipinski definition) is 1. The Morgan fingerprint density at radius 2 is 1.48 bits per heavy atom. The van der Waals surface area contributed by atoms with E-state index < -0.39 is 0 Å². The first kappa shape index (κ1) is 16.8. The van der Waals surface area contributed by atoms with Gasteiger partial charge in [-0.2, -0.15) is 0 Å². The van der Waals surface area contributed by atoms with Crippen LogP contribution in [0.25, 0.3) is 11.1 Å². The Kier molecular flexibility index (Phi) is 5.47. The molecular formula is C22H21NO2. The molecule has 0 aromatic heterocycles. The Bertz CT molecular complexity index is 826. The molecule has 0 radical (unpaired) electrons. The van der Waals surface area contributed by atoms with Gasteiger partial charge in [0.25, 0.3) is 0 Å². The molecule has 0 bridgehead atoms. The highest BCUT2D eigenvalue weighted by Gasteiger charge is 2.08. The van der Waals surface area contributed by atoms with Crippen LogP contribution >= 0.6 is 0 Å². The average Bonchev–Trinajstić information content (AvgIpc) is 2.65. The molecule has 1 amide bonds. The lowest BCUT2D eigenvalue weighted by Crippen LogP contribution is -2.15. The fourth-order valence-corrected chi connectivity index (χ4v) is 2.68. The van der Waals surface area contributed by atoms with Gasteiger partial charge in [0.05, 0.1) is 18.7 Å². The first-order chi connectivity index (χ1) is 12.3. The van der Waals surface area contributed by atoms with Crippen LogP contribution in [-0.2, 0) is 11.2 Å². The van der Waals surface area contributed by atoms with Gasteiger partial charge in [0, 0.05) is 0 Å². The summed E-state index contributed by atoms with van der Waals surface area (Å²) in [4.78, 5) is 12.3. The lowest BCUT2D eigenvalue weighted by molar-refractivity contribution is -0.115. The molecule has 3 nitrogen and oxygen atoms in total. The highest BCUT2D eigenvalue weighted by Crippen LogP contribution is 2.24. The molecule has 0 atom stereocenters. The molecule has 126 valence electrons. The van der Waals surface area contributed by atoms with Crippen LogP contribution in [-0.4, -0.2) is 12.5 Å². The molecule has 3 aromatic carbocycles. The van der Waals surface area contributed by atoms with Crippen molar-refractivity contribution in [1.29, 1.82) is 0 Å². The van der Waals surface area contributed by atoms with Crippen molar-refractivity contribution in [2.75, 3.05) is 11.9 Å². The molecule has 0 aliphatic carbocycles. The summed E-state index contributed by atoms with van der Waals surface area (Å²) in [6.45, 7) is 2.49. The van der Waals surface area contributed by atoms with Crippen molar-refractivity contribution in [2.45, 2.75) is 13.3 Å². The van der Waals surface area contributed by atoms with E-state index >= 15 is 0 Å². The predicted molar refractivity (Wildman–Crippen MR) is 102 cm³/mol. The Hall–Kier alpha value is -3.07. The van der Waals surface area contributed by atoms with E-state index in [9.17, 15) is 4.79 Å². The first-order valence-electron chi connectivity index (χ1n) is 8.42. The topological polar surface area (TPSA) is 38.3 Å². The van der Waals surface area contributed by atoms with Gasteiger partial charge in [-0.3, -0.25) is 4.79 Å². The van der Waals surface area contributed by atoms with Gasteiger partial charge < -0.3 is 10.1 Å². The Morgan fingerprint density at radius 1 is 0.840 bits per heavy atom. The fourth-order valence-electron chi connectivity index (χ4n) is 2.68. The van der Waals surface area contributed by atoms with E-state index in [0.29, 0.717) is 24.5 Å². The minimum absolute atomic E-state index is 0.0559. The second kappa shape index (κ2) is 8.15. The van der Waals surface area contributed by atoms with Crippen LogP contribution in [0.3, 0.4) is 0 Å². The zero-order valence-electron chi connectivity index (χ0n) is 14.2. The number of nitrogens with one attached hydrogen (secondary N) is 1. The second-order valence-electron chi connectivity index (χ2n) is 5.72. The summed E-state index contributed by atoms with van der Waals surface area (Å²) in [6, 6.07) is 25.8. The van der Waals surface area contributed by atoms with Crippen LogP contribution in [0.5, 0.6) is 5.75 Å². The van der Waals surface area contributed by atoms with E-state index in [-0.39, 0.29) is 5.91 Å². The van der Waals surface area contributed by atoms with Crippen LogP contribution in [0.1, 0.15) is 12.5 Å². The molecule has 0 fully saturated rings. The van der Waals surface area contributed by atoms with Gasteiger partial charge in [0.2, 0.25) is 5.91 Å². The number of ether oxygens (including phenoxy) is 1. The normalized spacial score (nSPS) is 10.3. The van der Waals surface area contributed by atoms with E-state index in [0.717, 1.165) is 11.1 Å². The molecule has 0 saturated carbocycles. The zero-order valence-corrected chi connectivity index (χ0v) is 14.2. The van der Waals surface area contributed by atoms with Crippen molar-refractivity contribution < 1.29 is 9.53 Å². The van der Waals surface area contributed by atoms with Crippen molar-refractivity contribution in [3.63, 3.8) is 0 Å². The van der Waals surface area contributed by atoms with Gasteiger partial charge in [-0.05, 0) is 35.7 Å². The molecule has 0 saturated heterocycles. The van der Waals surface area contributed by atoms with E-state index in [1.165, 1.54) is 5.56 Å². The number of rotatable bonds is 6. The molecule has 3 aromatic rings. The third-order valence-electron chi connectivity index (χ3n) is 3.89. The minimum Gasteiger partial charge on any atom is -0.492 e. The first-order valence-corrected chi connectivity index (χ1v) is 8.42. The lowest BCUT2D eigenvalue weighted by atomic mass is 10.0. The Morgan fingerprint density at radius 3 is 2.20 bits per heavy atom. The fraction of sp³-hybridized carbons (Fsp3) is 0.136. The van der Waals surface area contributed by atoms with Crippen molar-refractivity contribution >= 4 is 11.6 Å². The minimum atomic E-state index is -0.0559. The van der Waals surface area contributed by atoms with Crippen molar-refractivity contribution in [2.24, 2.45) is 0 Å². The number of anilines is 1. The molecule has 0 heterocycles. The second-order valence-corrected chi connectivity index (χ2v) is 5.72. The van der Waals surface area contributed by atoms with E-state index in [1.807, 2.05) is 73.7 Å². The number of benzene rings is 3. The van der Waals surface area contributed by atoms with Crippen LogP contribution in [0.4, 0.5) is 5.69 Å². The standard InChI is InChI=1S/C22H21NO2/c1-2-25-21-11-7-6-10-20(21)23-22(24)16-17-12-14-19(15-13-17)18-8-4-3-5-9-18/h3-15H,2,16H2,1H3,(H,23,24). The summed E-state index contributed by atoms with van der Waals surface area (Å²) in [5.74, 6) is 0.636. The molecule has 0 unspecified atom stereocenters. The molecule has 3 rings (SSSR count). The summed E-state index contributed by atoms with van der Waals surface area (Å²) in [6.07, 6.45) is 0.329. The van der Waals surface area contributed by atoms with Crippen molar-refractivity contribution in [3.05, 3.63) is 84.4 Å². The lowest BCUT2D eigenvalue weighted by Gasteiger charge is -2.11. The number of para-hydroxylation sites is 2. The maximum atomic E-state index is 12.3. The number of amides is 1. The molecular weight excluding hydrogens is 310 g/mol. The number of carbonyl (C=O) groups excluding carboxylic acids is 1. The van der Waals surface area contributed by atoms with Gasteiger partial charge in [-0.1, -0.05) is 66.7 Å². The van der Waals surface area contributed by atoms with E-state index in [1.54, 1.807) is 0 Å². The highest BCUT2D eigenvalue weighted by atomic mass is 16.5. The maximum absolute atomic E-state index is 12.3. The maximum Gasteiger partial charge on any atom is 0.228 e. The molecule has 0 aliphatic heterocycles. The number of carbonyl (C=O) groups is 1. The van der Waals surface area contributed by atoms with E-state index in [4.69, 9.17) is 4.74 Å². The summed E-state index contributed by atoms with van der Waals surface area (Å²) in [7, 11) is 0. The Labute approximate surface area is 148 Å². The third kappa shape index (κ3) is 4.48. The van der Waals surface area contributed by atoms with Crippen LogP contribution in [0.2, 0.25) is 0 Å². The highest BCUT2D eigenvalue weighted by molar-refractivity contribution is 5.93. The summed E-state index contributed by atoms with van der Waals surface area (Å²) < 4.78 is 5.54. The molecule has 1 N–H and O–H groups in total. The van der Waals surface area contributed by atoms with Gasteiger partial charge in [0.1, 0.15) is 5.75 Å². The monoisotopic (exact) mass is 331 g/mol. The number of hydrogen-bond acceptors (Lipinski definition) is 2. The smallest absolute Gasteiger partial charge is 0.228 e. The Balaban J connectivity index is 1.65. The van der Waals surface area contributed by atoms with Gasteiger partial charge >= 0.3 is 0 Å². The predicted octanol–water partition coefficient (Wildman–Crippen LogP) is 4.93. The van der Waals surface area contributed by atoms with Crippen LogP contribution < -0.4 is 10.1 Å². The van der Waals surface area contributed by atoms with Crippen LogP contribution in [0, 0.1) is 0 Å². The van der Waals surface area contributed by atoms with Crippen molar-refractivity contribution in [3.8, 4) is 16.9 Å². The SMILES string of the molecule is CCOc1ccccc1NC(=O)Cc1ccc(-c2ccccc2)cc1. The van der Waals surface area contributed by atoms with Crippen molar-refractivity contribution in [1.82, 2.24) is 0 Å². The molecule has 3 heteroatoms. The largest absolute Gasteiger partial charge is 0.492 e. The van der Waals surface area contributed by atoms with Crippen LogP contribution in [0.15, 0.2) is 78.9 Å². The molecule has 0 aliphatic rings. The molecule has 0 spiro atoms. The third-order valence-corrected chi connectivity index (χ3v) is 3.89. The zero-order chi connectivity index (χ0) is 17.5. The average molecular weight is 331 g/mol. The summed E-state index contributed by atoms with van der Waals surface area (Å²) in [5, 5.41) is 2.93. The van der Waals surface area contributed by atoms with Gasteiger partial charge in [-0.15, -0.1) is 0 Å².